The minimum absolute atomic E-state index is 0.206. The number of hydrogen-bond acceptors (Lipinski definition) is 5. The van der Waals surface area contributed by atoms with Crippen LogP contribution in [0.3, 0.4) is 0 Å². The number of fused-ring (bicyclic) bond motifs is 3. The number of aromatic nitrogens is 6. The van der Waals surface area contributed by atoms with Crippen molar-refractivity contribution < 1.29 is 9.90 Å². The smallest absolute Gasteiger partial charge is 0.319 e. The molecule has 5 aromatic rings. The average molecular weight is 473 g/mol. The van der Waals surface area contributed by atoms with Gasteiger partial charge in [-0.2, -0.15) is 14.7 Å². The van der Waals surface area contributed by atoms with Crippen LogP contribution in [0.1, 0.15) is 37.3 Å². The number of aromatic amines is 1. The summed E-state index contributed by atoms with van der Waals surface area (Å²) in [7, 11) is 0. The molecular formula is C25H24N6O2S. The standard InChI is InChI=1S/C25H24N6O2S/c1-34-25(24(32)33)10-7-16(8-11-25)21-19-9-12-26-22(19)31-23(29-21)20(14-28-31)17-13-27-30(15-17)18-5-3-2-4-6-18/h2-6,9,12-16,26H,7-8,10-11H2,1H3,(H,32,33). The number of hydrogen-bond donors (Lipinski definition) is 2. The van der Waals surface area contributed by atoms with E-state index in [1.54, 1.807) is 0 Å². The second kappa shape index (κ2) is 8.02. The number of para-hydroxylation sites is 1. The lowest BCUT2D eigenvalue weighted by Crippen LogP contribution is -2.38. The Morgan fingerprint density at radius 2 is 1.94 bits per heavy atom. The molecule has 4 aromatic heterocycles. The van der Waals surface area contributed by atoms with E-state index in [2.05, 4.69) is 15.2 Å². The molecule has 1 aliphatic carbocycles. The summed E-state index contributed by atoms with van der Waals surface area (Å²) >= 11 is 1.46. The van der Waals surface area contributed by atoms with E-state index in [0.717, 1.165) is 52.0 Å². The van der Waals surface area contributed by atoms with Crippen molar-refractivity contribution in [1.82, 2.24) is 29.4 Å². The van der Waals surface area contributed by atoms with E-state index < -0.39 is 10.7 Å². The van der Waals surface area contributed by atoms with Crippen LogP contribution in [0.25, 0.3) is 33.5 Å². The quantitative estimate of drug-likeness (QED) is 0.377. The molecular weight excluding hydrogens is 448 g/mol. The molecule has 0 unspecified atom stereocenters. The third-order valence-electron chi connectivity index (χ3n) is 7.06. The van der Waals surface area contributed by atoms with Crippen LogP contribution in [0.4, 0.5) is 0 Å². The fourth-order valence-electron chi connectivity index (χ4n) is 5.09. The molecule has 0 amide bonds. The highest BCUT2D eigenvalue weighted by molar-refractivity contribution is 8.00. The van der Waals surface area contributed by atoms with Gasteiger partial charge in [0, 0.05) is 34.8 Å². The Kier molecular flexibility index (Phi) is 4.95. The molecule has 0 radical (unpaired) electrons. The Hall–Kier alpha value is -3.59. The number of rotatable bonds is 5. The van der Waals surface area contributed by atoms with Crippen molar-refractivity contribution in [2.75, 3.05) is 6.26 Å². The Labute approximate surface area is 200 Å². The zero-order valence-corrected chi connectivity index (χ0v) is 19.5. The summed E-state index contributed by atoms with van der Waals surface area (Å²) < 4.78 is 3.01. The molecule has 8 nitrogen and oxygen atoms in total. The number of H-pyrrole nitrogens is 1. The Morgan fingerprint density at radius 3 is 2.68 bits per heavy atom. The van der Waals surface area contributed by atoms with Crippen LogP contribution in [0.5, 0.6) is 0 Å². The van der Waals surface area contributed by atoms with Gasteiger partial charge in [-0.15, -0.1) is 11.8 Å². The van der Waals surface area contributed by atoms with Crippen LogP contribution in [0.15, 0.2) is 61.2 Å². The average Bonchev–Trinajstić information content (AvgIpc) is 3.63. The maximum Gasteiger partial charge on any atom is 0.319 e. The molecule has 1 aromatic carbocycles. The van der Waals surface area contributed by atoms with Gasteiger partial charge < -0.3 is 10.1 Å². The predicted octanol–water partition coefficient (Wildman–Crippen LogP) is 4.91. The fourth-order valence-corrected chi connectivity index (χ4v) is 5.91. The van der Waals surface area contributed by atoms with Gasteiger partial charge in [0.25, 0.3) is 0 Å². The first-order valence-corrected chi connectivity index (χ1v) is 12.6. The van der Waals surface area contributed by atoms with Crippen molar-refractivity contribution in [1.29, 1.82) is 0 Å². The predicted molar refractivity (Wildman–Crippen MR) is 132 cm³/mol. The van der Waals surface area contributed by atoms with Gasteiger partial charge in [-0.3, -0.25) is 4.79 Å². The van der Waals surface area contributed by atoms with Crippen LogP contribution in [-0.4, -0.2) is 51.4 Å². The summed E-state index contributed by atoms with van der Waals surface area (Å²) in [6.45, 7) is 0. The Bertz CT molecular complexity index is 1490. The molecule has 0 aliphatic heterocycles. The molecule has 1 aliphatic rings. The van der Waals surface area contributed by atoms with E-state index in [0.29, 0.717) is 12.8 Å². The first-order valence-electron chi connectivity index (χ1n) is 11.3. The van der Waals surface area contributed by atoms with Crippen LogP contribution in [0.2, 0.25) is 0 Å². The van der Waals surface area contributed by atoms with Crippen LogP contribution in [-0.2, 0) is 4.79 Å². The summed E-state index contributed by atoms with van der Waals surface area (Å²) in [4.78, 5) is 20.4. The fraction of sp³-hybridized carbons (Fsp3) is 0.280. The van der Waals surface area contributed by atoms with Crippen molar-refractivity contribution in [3.05, 3.63) is 66.9 Å². The third kappa shape index (κ3) is 3.22. The number of thioether (sulfide) groups is 1. The van der Waals surface area contributed by atoms with Gasteiger partial charge in [0.2, 0.25) is 0 Å². The largest absolute Gasteiger partial charge is 0.480 e. The molecule has 1 fully saturated rings. The van der Waals surface area contributed by atoms with Crippen molar-refractivity contribution in [2.45, 2.75) is 36.3 Å². The van der Waals surface area contributed by atoms with E-state index >= 15 is 0 Å². The number of carbonyl (C=O) groups is 1. The minimum Gasteiger partial charge on any atom is -0.480 e. The number of nitrogens with one attached hydrogen (secondary N) is 1. The highest BCUT2D eigenvalue weighted by Crippen LogP contribution is 2.45. The van der Waals surface area contributed by atoms with Gasteiger partial charge in [-0.25, -0.2) is 9.67 Å². The number of aliphatic carboxylic acids is 1. The van der Waals surface area contributed by atoms with Crippen LogP contribution in [0, 0.1) is 0 Å². The summed E-state index contributed by atoms with van der Waals surface area (Å²) in [5.41, 5.74) is 5.54. The monoisotopic (exact) mass is 472 g/mol. The van der Waals surface area contributed by atoms with Gasteiger partial charge >= 0.3 is 5.97 Å². The lowest BCUT2D eigenvalue weighted by Gasteiger charge is -2.35. The van der Waals surface area contributed by atoms with E-state index in [4.69, 9.17) is 4.98 Å². The maximum atomic E-state index is 11.9. The third-order valence-corrected chi connectivity index (χ3v) is 8.42. The summed E-state index contributed by atoms with van der Waals surface area (Å²) in [6.07, 6.45) is 12.4. The van der Waals surface area contributed by atoms with Gasteiger partial charge in [0.15, 0.2) is 5.65 Å². The first-order chi connectivity index (χ1) is 16.6. The van der Waals surface area contributed by atoms with Gasteiger partial charge in [0.05, 0.1) is 23.8 Å². The van der Waals surface area contributed by atoms with Crippen LogP contribution < -0.4 is 0 Å². The van der Waals surface area contributed by atoms with Crippen molar-refractivity contribution in [3.63, 3.8) is 0 Å². The van der Waals surface area contributed by atoms with E-state index in [1.807, 2.05) is 76.6 Å². The molecule has 0 saturated heterocycles. The topological polar surface area (TPSA) is 101 Å². The number of benzene rings is 1. The second-order valence-corrected chi connectivity index (χ2v) is 10.0. The van der Waals surface area contributed by atoms with Gasteiger partial charge in [-0.1, -0.05) is 18.2 Å². The van der Waals surface area contributed by atoms with E-state index in [-0.39, 0.29) is 5.92 Å². The normalized spacial score (nSPS) is 20.8. The first kappa shape index (κ1) is 21.0. The molecule has 1 saturated carbocycles. The highest BCUT2D eigenvalue weighted by Gasteiger charge is 2.42. The molecule has 34 heavy (non-hydrogen) atoms. The molecule has 172 valence electrons. The number of carboxylic acid groups (broad SMARTS) is 1. The van der Waals surface area contributed by atoms with Crippen molar-refractivity contribution in [2.24, 2.45) is 0 Å². The molecule has 0 atom stereocenters. The molecule has 0 bridgehead atoms. The second-order valence-electron chi connectivity index (χ2n) is 8.82. The van der Waals surface area contributed by atoms with E-state index in [1.165, 1.54) is 11.8 Å². The zero-order chi connectivity index (χ0) is 23.3. The Morgan fingerprint density at radius 1 is 1.15 bits per heavy atom. The van der Waals surface area contributed by atoms with Gasteiger partial charge in [-0.05, 0) is 50.1 Å². The number of nitrogens with zero attached hydrogens (tertiary/aromatic N) is 5. The van der Waals surface area contributed by atoms with E-state index in [9.17, 15) is 9.90 Å². The maximum absolute atomic E-state index is 11.9. The molecule has 4 heterocycles. The van der Waals surface area contributed by atoms with Gasteiger partial charge in [0.1, 0.15) is 10.4 Å². The molecule has 2 N–H and O–H groups in total. The molecule has 0 spiro atoms. The Balaban J connectivity index is 1.42. The lowest BCUT2D eigenvalue weighted by molar-refractivity contribution is -0.140. The summed E-state index contributed by atoms with van der Waals surface area (Å²) in [5, 5.41) is 20.0. The molecule has 6 rings (SSSR count). The minimum atomic E-state index is -0.706. The molecule has 9 heteroatoms. The lowest BCUT2D eigenvalue weighted by atomic mass is 9.79. The van der Waals surface area contributed by atoms with Crippen LogP contribution >= 0.6 is 11.8 Å². The summed E-state index contributed by atoms with van der Waals surface area (Å²) in [5.74, 6) is -0.500. The van der Waals surface area contributed by atoms with Crippen molar-refractivity contribution >= 4 is 34.4 Å². The highest BCUT2D eigenvalue weighted by atomic mass is 32.2. The SMILES string of the molecule is CSC1(C(=O)O)CCC(c2nc3c(-c4cnn(-c5ccccc5)c4)cnn3c3[nH]ccc23)CC1. The zero-order valence-electron chi connectivity index (χ0n) is 18.7. The number of carboxylic acids is 1. The summed E-state index contributed by atoms with van der Waals surface area (Å²) in [6, 6.07) is 12.0. The van der Waals surface area contributed by atoms with Crippen molar-refractivity contribution in [3.8, 4) is 16.8 Å².